The number of amides is 2. The van der Waals surface area contributed by atoms with Crippen LogP contribution in [0.2, 0.25) is 0 Å². The molecule has 1 aromatic carbocycles. The van der Waals surface area contributed by atoms with E-state index in [1.54, 1.807) is 24.3 Å². The van der Waals surface area contributed by atoms with Crippen LogP contribution in [0.4, 0.5) is 10.5 Å². The Hall–Kier alpha value is -2.04. The molecule has 0 aromatic heterocycles. The third kappa shape index (κ3) is 4.57. The van der Waals surface area contributed by atoms with Gasteiger partial charge in [0.05, 0.1) is 6.42 Å². The van der Waals surface area contributed by atoms with Crippen molar-refractivity contribution in [2.24, 2.45) is 0 Å². The van der Waals surface area contributed by atoms with E-state index >= 15 is 0 Å². The minimum absolute atomic E-state index is 0.116. The van der Waals surface area contributed by atoms with Crippen LogP contribution in [0, 0.1) is 0 Å². The predicted molar refractivity (Wildman–Crippen MR) is 78.9 cm³/mol. The molecule has 3 N–H and O–H groups in total. The Balaban J connectivity index is 2.78. The molecule has 0 heterocycles. The minimum Gasteiger partial charge on any atom is -0.481 e. The summed E-state index contributed by atoms with van der Waals surface area (Å²) in [5.41, 5.74) is 0.859. The predicted octanol–water partition coefficient (Wildman–Crippen LogP) is 3.01. The first-order chi connectivity index (χ1) is 9.40. The van der Waals surface area contributed by atoms with Gasteiger partial charge in [0, 0.05) is 11.2 Å². The van der Waals surface area contributed by atoms with Crippen LogP contribution in [0.5, 0.6) is 0 Å². The van der Waals surface area contributed by atoms with Gasteiger partial charge in [-0.25, -0.2) is 4.79 Å². The molecule has 0 fully saturated rings. The lowest BCUT2D eigenvalue weighted by Crippen LogP contribution is -2.47. The van der Waals surface area contributed by atoms with Crippen LogP contribution in [-0.2, 0) is 11.2 Å². The van der Waals surface area contributed by atoms with Gasteiger partial charge < -0.3 is 15.7 Å². The molecule has 0 saturated carbocycles. The van der Waals surface area contributed by atoms with Gasteiger partial charge in [0.1, 0.15) is 0 Å². The lowest BCUT2D eigenvalue weighted by atomic mass is 9.96. The Morgan fingerprint density at radius 2 is 1.80 bits per heavy atom. The van der Waals surface area contributed by atoms with Crippen molar-refractivity contribution in [2.75, 3.05) is 5.32 Å². The third-order valence-corrected chi connectivity index (χ3v) is 3.58. The summed E-state index contributed by atoms with van der Waals surface area (Å²) in [7, 11) is 0. The maximum Gasteiger partial charge on any atom is 0.319 e. The number of hydrogen-bond acceptors (Lipinski definition) is 2. The van der Waals surface area contributed by atoms with Gasteiger partial charge in [-0.2, -0.15) is 0 Å². The van der Waals surface area contributed by atoms with E-state index in [0.717, 1.165) is 12.8 Å². The van der Waals surface area contributed by atoms with Crippen LogP contribution in [-0.4, -0.2) is 22.6 Å². The van der Waals surface area contributed by atoms with Gasteiger partial charge >= 0.3 is 12.0 Å². The summed E-state index contributed by atoms with van der Waals surface area (Å²) in [6.45, 7) is 6.01. The second-order valence-electron chi connectivity index (χ2n) is 5.07. The van der Waals surface area contributed by atoms with E-state index in [-0.39, 0.29) is 18.0 Å². The molecule has 0 spiro atoms. The van der Waals surface area contributed by atoms with E-state index < -0.39 is 5.97 Å². The number of carboxylic acids is 1. The van der Waals surface area contributed by atoms with Crippen LogP contribution in [0.15, 0.2) is 24.3 Å². The molecule has 1 rings (SSSR count). The second kappa shape index (κ2) is 6.93. The molecule has 0 aliphatic rings. The molecule has 1 aromatic rings. The fourth-order valence-corrected chi connectivity index (χ4v) is 1.81. The Bertz CT molecular complexity index is 482. The number of urea groups is 1. The normalized spacial score (nSPS) is 10.9. The van der Waals surface area contributed by atoms with Gasteiger partial charge in [-0.1, -0.05) is 32.0 Å². The van der Waals surface area contributed by atoms with Crippen LogP contribution < -0.4 is 10.6 Å². The number of carbonyl (C=O) groups is 2. The lowest BCUT2D eigenvalue weighted by molar-refractivity contribution is -0.136. The molecule has 110 valence electrons. The first-order valence-electron chi connectivity index (χ1n) is 6.79. The smallest absolute Gasteiger partial charge is 0.319 e. The number of benzene rings is 1. The van der Waals surface area contributed by atoms with Gasteiger partial charge in [-0.05, 0) is 31.4 Å². The standard InChI is InChI=1S/C15H22N2O3/c1-4-15(3,5-2)17-14(20)16-12-9-7-6-8-11(12)10-13(18)19/h6-9H,4-5,10H2,1-3H3,(H,18,19)(H2,16,17,20). The third-order valence-electron chi connectivity index (χ3n) is 3.58. The average molecular weight is 278 g/mol. The van der Waals surface area contributed by atoms with Crippen LogP contribution in [0.25, 0.3) is 0 Å². The number of carbonyl (C=O) groups excluding carboxylic acids is 1. The van der Waals surface area contributed by atoms with Crippen molar-refractivity contribution in [1.29, 1.82) is 0 Å². The maximum atomic E-state index is 12.0. The number of nitrogens with one attached hydrogen (secondary N) is 2. The monoisotopic (exact) mass is 278 g/mol. The molecule has 0 unspecified atom stereocenters. The summed E-state index contributed by atoms with van der Waals surface area (Å²) in [5.74, 6) is -0.924. The molecule has 5 heteroatoms. The molecule has 0 radical (unpaired) electrons. The second-order valence-corrected chi connectivity index (χ2v) is 5.07. The van der Waals surface area contributed by atoms with E-state index in [0.29, 0.717) is 11.3 Å². The van der Waals surface area contributed by atoms with E-state index in [1.807, 2.05) is 20.8 Å². The zero-order chi connectivity index (χ0) is 15.2. The van der Waals surface area contributed by atoms with E-state index in [2.05, 4.69) is 10.6 Å². The minimum atomic E-state index is -0.924. The highest BCUT2D eigenvalue weighted by molar-refractivity contribution is 5.91. The summed E-state index contributed by atoms with van der Waals surface area (Å²) in [6, 6.07) is 6.60. The highest BCUT2D eigenvalue weighted by Gasteiger charge is 2.22. The van der Waals surface area contributed by atoms with Crippen molar-refractivity contribution < 1.29 is 14.7 Å². The molecule has 5 nitrogen and oxygen atoms in total. The molecule has 0 aliphatic heterocycles. The highest BCUT2D eigenvalue weighted by atomic mass is 16.4. The topological polar surface area (TPSA) is 78.4 Å². The van der Waals surface area contributed by atoms with Crippen molar-refractivity contribution in [3.05, 3.63) is 29.8 Å². The number of anilines is 1. The number of rotatable bonds is 6. The van der Waals surface area contributed by atoms with Gasteiger partial charge in [-0.3, -0.25) is 4.79 Å². The number of para-hydroxylation sites is 1. The zero-order valence-corrected chi connectivity index (χ0v) is 12.2. The van der Waals surface area contributed by atoms with E-state index in [9.17, 15) is 9.59 Å². The Morgan fingerprint density at radius 3 is 2.35 bits per heavy atom. The highest BCUT2D eigenvalue weighted by Crippen LogP contribution is 2.17. The number of carboxylic acid groups (broad SMARTS) is 1. The fourth-order valence-electron chi connectivity index (χ4n) is 1.81. The molecule has 0 saturated heterocycles. The van der Waals surface area contributed by atoms with Gasteiger partial charge in [0.25, 0.3) is 0 Å². The quantitative estimate of drug-likeness (QED) is 0.748. The van der Waals surface area contributed by atoms with Crippen molar-refractivity contribution in [3.63, 3.8) is 0 Å². The molecule has 0 atom stereocenters. The summed E-state index contributed by atoms with van der Waals surface area (Å²) in [4.78, 5) is 22.8. The van der Waals surface area contributed by atoms with Gasteiger partial charge in [0.2, 0.25) is 0 Å². The lowest BCUT2D eigenvalue weighted by Gasteiger charge is -2.28. The van der Waals surface area contributed by atoms with Crippen LogP contribution in [0.1, 0.15) is 39.2 Å². The summed E-state index contributed by atoms with van der Waals surface area (Å²) >= 11 is 0. The summed E-state index contributed by atoms with van der Waals surface area (Å²) in [6.07, 6.45) is 1.54. The fraction of sp³-hybridized carbons (Fsp3) is 0.467. The van der Waals surface area contributed by atoms with Gasteiger partial charge in [-0.15, -0.1) is 0 Å². The number of hydrogen-bond donors (Lipinski definition) is 3. The Morgan fingerprint density at radius 1 is 1.20 bits per heavy atom. The molecule has 0 aliphatic carbocycles. The van der Waals surface area contributed by atoms with Crippen molar-refractivity contribution >= 4 is 17.7 Å². The van der Waals surface area contributed by atoms with Crippen molar-refractivity contribution in [3.8, 4) is 0 Å². The van der Waals surface area contributed by atoms with Crippen LogP contribution in [0.3, 0.4) is 0 Å². The maximum absolute atomic E-state index is 12.0. The molecule has 0 bridgehead atoms. The summed E-state index contributed by atoms with van der Waals surface area (Å²) < 4.78 is 0. The molecule has 20 heavy (non-hydrogen) atoms. The van der Waals surface area contributed by atoms with Crippen LogP contribution >= 0.6 is 0 Å². The van der Waals surface area contributed by atoms with E-state index in [4.69, 9.17) is 5.11 Å². The molecule has 2 amide bonds. The number of aliphatic carboxylic acids is 1. The van der Waals surface area contributed by atoms with Crippen molar-refractivity contribution in [1.82, 2.24) is 5.32 Å². The average Bonchev–Trinajstić information content (AvgIpc) is 2.40. The van der Waals surface area contributed by atoms with E-state index in [1.165, 1.54) is 0 Å². The SMILES string of the molecule is CCC(C)(CC)NC(=O)Nc1ccccc1CC(=O)O. The van der Waals surface area contributed by atoms with Crippen molar-refractivity contribution in [2.45, 2.75) is 45.6 Å². The molecular formula is C15H22N2O3. The van der Waals surface area contributed by atoms with Gasteiger partial charge in [0.15, 0.2) is 0 Å². The zero-order valence-electron chi connectivity index (χ0n) is 12.2. The Kier molecular flexibility index (Phi) is 5.55. The molecular weight excluding hydrogens is 256 g/mol. The first kappa shape index (κ1) is 16.0. The summed E-state index contributed by atoms with van der Waals surface area (Å²) in [5, 5.41) is 14.5. The first-order valence-corrected chi connectivity index (χ1v) is 6.79. The largest absolute Gasteiger partial charge is 0.481 e. The Labute approximate surface area is 119 Å².